The first kappa shape index (κ1) is 17.3. The smallest absolute Gasteiger partial charge is 0.0970 e. The van der Waals surface area contributed by atoms with Crippen molar-refractivity contribution in [1.82, 2.24) is 14.9 Å². The van der Waals surface area contributed by atoms with E-state index in [1.165, 1.54) is 53.1 Å². The van der Waals surface area contributed by atoms with Crippen LogP contribution in [0.15, 0.2) is 30.3 Å². The lowest BCUT2D eigenvalue weighted by Gasteiger charge is -2.42. The summed E-state index contributed by atoms with van der Waals surface area (Å²) in [7, 11) is 0. The number of thiazole rings is 1. The van der Waals surface area contributed by atoms with Crippen LogP contribution in [0.25, 0.3) is 21.3 Å². The molecule has 1 atom stereocenters. The normalized spacial score (nSPS) is 25.8. The third-order valence-electron chi connectivity index (χ3n) is 6.48. The molecule has 2 aromatic heterocycles. The minimum absolute atomic E-state index is 0.659. The molecule has 0 bridgehead atoms. The fourth-order valence-corrected chi connectivity index (χ4v) is 5.97. The van der Waals surface area contributed by atoms with E-state index < -0.39 is 0 Å². The molecule has 1 aromatic carbocycles. The molecule has 3 aromatic rings. The van der Waals surface area contributed by atoms with Gasteiger partial charge in [-0.1, -0.05) is 12.1 Å². The number of nitrogens with zero attached hydrogens (tertiary/aromatic N) is 3. The van der Waals surface area contributed by atoms with Crippen molar-refractivity contribution >= 4 is 21.6 Å². The lowest BCUT2D eigenvalue weighted by Crippen LogP contribution is -2.45. The predicted octanol–water partition coefficient (Wildman–Crippen LogP) is 5.71. The number of hydrogen-bond acceptors (Lipinski definition) is 4. The number of pyridine rings is 1. The summed E-state index contributed by atoms with van der Waals surface area (Å²) in [6, 6.07) is 12.5. The minimum Gasteiger partial charge on any atom is -0.298 e. The zero-order chi connectivity index (χ0) is 18.5. The van der Waals surface area contributed by atoms with Crippen LogP contribution >= 0.6 is 11.3 Å². The molecule has 27 heavy (non-hydrogen) atoms. The molecule has 0 spiro atoms. The summed E-state index contributed by atoms with van der Waals surface area (Å²) in [5, 5.41) is 1.34. The Labute approximate surface area is 165 Å². The molecular weight excluding hydrogens is 350 g/mol. The average molecular weight is 378 g/mol. The van der Waals surface area contributed by atoms with Gasteiger partial charge in [0.25, 0.3) is 0 Å². The van der Waals surface area contributed by atoms with Gasteiger partial charge in [0.2, 0.25) is 0 Å². The molecule has 3 heterocycles. The Morgan fingerprint density at radius 3 is 2.67 bits per heavy atom. The number of benzene rings is 1. The number of aryl methyl sites for hydroxylation is 2. The molecule has 1 saturated carbocycles. The number of rotatable bonds is 3. The minimum atomic E-state index is 0.659. The van der Waals surface area contributed by atoms with Crippen molar-refractivity contribution in [3.05, 3.63) is 46.7 Å². The lowest BCUT2D eigenvalue weighted by atomic mass is 9.79. The quantitative estimate of drug-likeness (QED) is 0.586. The molecule has 2 fully saturated rings. The Kier molecular flexibility index (Phi) is 4.29. The van der Waals surface area contributed by atoms with E-state index in [0.29, 0.717) is 5.92 Å². The summed E-state index contributed by atoms with van der Waals surface area (Å²) >= 11 is 1.89. The summed E-state index contributed by atoms with van der Waals surface area (Å²) < 4.78 is 1.31. The van der Waals surface area contributed by atoms with Crippen molar-refractivity contribution in [1.29, 1.82) is 0 Å². The third kappa shape index (κ3) is 3.09. The molecule has 4 heteroatoms. The lowest BCUT2D eigenvalue weighted by molar-refractivity contribution is 0.103. The van der Waals surface area contributed by atoms with Crippen molar-refractivity contribution in [3.63, 3.8) is 0 Å². The van der Waals surface area contributed by atoms with Gasteiger partial charge in [0.1, 0.15) is 0 Å². The predicted molar refractivity (Wildman–Crippen MR) is 113 cm³/mol. The summed E-state index contributed by atoms with van der Waals surface area (Å²) in [5.41, 5.74) is 5.80. The van der Waals surface area contributed by atoms with Gasteiger partial charge in [0.15, 0.2) is 0 Å². The van der Waals surface area contributed by atoms with Crippen LogP contribution in [0.1, 0.15) is 54.9 Å². The van der Waals surface area contributed by atoms with E-state index in [1.54, 1.807) is 0 Å². The standard InChI is InChI=1S/C23H27N3S/c1-14-6-8-20(16(3)24-14)17-7-9-21-22(13-17)27-23(25-21)18-11-19(12-18)26-10-4-5-15(26)2/h6-9,13,15,18-19H,4-5,10-12H2,1-3H3. The van der Waals surface area contributed by atoms with Gasteiger partial charge in [-0.15, -0.1) is 11.3 Å². The second-order valence-corrected chi connectivity index (χ2v) is 9.43. The van der Waals surface area contributed by atoms with E-state index in [4.69, 9.17) is 4.98 Å². The van der Waals surface area contributed by atoms with E-state index in [2.05, 4.69) is 54.1 Å². The van der Waals surface area contributed by atoms with E-state index in [-0.39, 0.29) is 0 Å². The second kappa shape index (κ2) is 6.68. The topological polar surface area (TPSA) is 29.0 Å². The van der Waals surface area contributed by atoms with Crippen LogP contribution in [0.5, 0.6) is 0 Å². The summed E-state index contributed by atoms with van der Waals surface area (Å²) in [5.74, 6) is 0.659. The van der Waals surface area contributed by atoms with Crippen LogP contribution in [-0.2, 0) is 0 Å². The number of likely N-dealkylation sites (tertiary alicyclic amines) is 1. The Balaban J connectivity index is 1.37. The third-order valence-corrected chi connectivity index (χ3v) is 7.66. The van der Waals surface area contributed by atoms with E-state index in [0.717, 1.165) is 29.0 Å². The molecule has 2 aliphatic rings. The molecule has 0 amide bonds. The molecule has 3 nitrogen and oxygen atoms in total. The molecule has 1 saturated heterocycles. The Morgan fingerprint density at radius 2 is 1.93 bits per heavy atom. The average Bonchev–Trinajstić information content (AvgIpc) is 3.19. The first-order valence-electron chi connectivity index (χ1n) is 10.2. The number of hydrogen-bond donors (Lipinski definition) is 0. The SMILES string of the molecule is Cc1ccc(-c2ccc3nc(C4CC(N5CCCC5C)C4)sc3c2)c(C)n1. The zero-order valence-corrected chi connectivity index (χ0v) is 17.2. The second-order valence-electron chi connectivity index (χ2n) is 8.37. The maximum atomic E-state index is 4.97. The monoisotopic (exact) mass is 377 g/mol. The molecule has 140 valence electrons. The highest BCUT2D eigenvalue weighted by molar-refractivity contribution is 7.18. The van der Waals surface area contributed by atoms with Crippen LogP contribution in [0.4, 0.5) is 0 Å². The first-order valence-corrected chi connectivity index (χ1v) is 11.0. The molecule has 0 radical (unpaired) electrons. The van der Waals surface area contributed by atoms with Gasteiger partial charge in [0.05, 0.1) is 15.2 Å². The van der Waals surface area contributed by atoms with Gasteiger partial charge in [-0.25, -0.2) is 4.98 Å². The molecular formula is C23H27N3S. The molecule has 1 aliphatic carbocycles. The highest BCUT2D eigenvalue weighted by atomic mass is 32.1. The molecule has 1 aliphatic heterocycles. The van der Waals surface area contributed by atoms with E-state index in [1.807, 2.05) is 18.3 Å². The van der Waals surface area contributed by atoms with Gasteiger partial charge in [-0.3, -0.25) is 9.88 Å². The van der Waals surface area contributed by atoms with Crippen LogP contribution in [-0.4, -0.2) is 33.5 Å². The highest BCUT2D eigenvalue weighted by Crippen LogP contribution is 2.44. The fraction of sp³-hybridized carbons (Fsp3) is 0.478. The van der Waals surface area contributed by atoms with Crippen molar-refractivity contribution in [2.24, 2.45) is 0 Å². The van der Waals surface area contributed by atoms with Crippen molar-refractivity contribution in [3.8, 4) is 11.1 Å². The zero-order valence-electron chi connectivity index (χ0n) is 16.4. The van der Waals surface area contributed by atoms with Gasteiger partial charge in [-0.2, -0.15) is 0 Å². The Bertz CT molecular complexity index is 986. The largest absolute Gasteiger partial charge is 0.298 e. The highest BCUT2D eigenvalue weighted by Gasteiger charge is 2.39. The van der Waals surface area contributed by atoms with Crippen molar-refractivity contribution in [2.75, 3.05) is 6.54 Å². The van der Waals surface area contributed by atoms with Crippen molar-refractivity contribution in [2.45, 2.75) is 64.5 Å². The van der Waals surface area contributed by atoms with E-state index >= 15 is 0 Å². The molecule has 5 rings (SSSR count). The number of aromatic nitrogens is 2. The maximum Gasteiger partial charge on any atom is 0.0970 e. The Hall–Kier alpha value is -1.78. The first-order chi connectivity index (χ1) is 13.1. The van der Waals surface area contributed by atoms with Crippen LogP contribution < -0.4 is 0 Å². The van der Waals surface area contributed by atoms with E-state index in [9.17, 15) is 0 Å². The van der Waals surface area contributed by atoms with Gasteiger partial charge < -0.3 is 0 Å². The Morgan fingerprint density at radius 1 is 1.07 bits per heavy atom. The summed E-state index contributed by atoms with van der Waals surface area (Å²) in [6.45, 7) is 7.83. The van der Waals surface area contributed by atoms with Crippen molar-refractivity contribution < 1.29 is 0 Å². The maximum absolute atomic E-state index is 4.97. The van der Waals surface area contributed by atoms with Gasteiger partial charge in [0, 0.05) is 35.0 Å². The van der Waals surface area contributed by atoms with Gasteiger partial charge >= 0.3 is 0 Å². The van der Waals surface area contributed by atoms with Crippen LogP contribution in [0.2, 0.25) is 0 Å². The van der Waals surface area contributed by atoms with Crippen LogP contribution in [0, 0.1) is 13.8 Å². The fourth-order valence-electron chi connectivity index (χ4n) is 4.83. The molecule has 0 N–H and O–H groups in total. The summed E-state index contributed by atoms with van der Waals surface area (Å²) in [6.07, 6.45) is 5.33. The summed E-state index contributed by atoms with van der Waals surface area (Å²) in [4.78, 5) is 12.3. The number of fused-ring (bicyclic) bond motifs is 1. The van der Waals surface area contributed by atoms with Crippen LogP contribution in [0.3, 0.4) is 0 Å². The molecule has 1 unspecified atom stereocenters. The van der Waals surface area contributed by atoms with Gasteiger partial charge in [-0.05, 0) is 76.8 Å².